The van der Waals surface area contributed by atoms with E-state index < -0.39 is 0 Å². The highest BCUT2D eigenvalue weighted by Gasteiger charge is 2.22. The Labute approximate surface area is 96.3 Å². The van der Waals surface area contributed by atoms with Crippen LogP contribution in [-0.4, -0.2) is 12.6 Å². The van der Waals surface area contributed by atoms with Crippen molar-refractivity contribution in [3.05, 3.63) is 12.7 Å². The number of hydrogen-bond acceptors (Lipinski definition) is 1. The molecule has 0 saturated carbocycles. The van der Waals surface area contributed by atoms with Crippen LogP contribution in [0.25, 0.3) is 0 Å². The van der Waals surface area contributed by atoms with Crippen LogP contribution in [0, 0.1) is 11.3 Å². The average molecular weight is 211 g/mol. The SMILES string of the molecule is C=CC(C)(CNC(C)C)CC(C)CCC. The second-order valence-electron chi connectivity index (χ2n) is 5.49. The van der Waals surface area contributed by atoms with Crippen molar-refractivity contribution in [3.63, 3.8) is 0 Å². The van der Waals surface area contributed by atoms with Gasteiger partial charge >= 0.3 is 0 Å². The van der Waals surface area contributed by atoms with Crippen LogP contribution in [0.4, 0.5) is 0 Å². The van der Waals surface area contributed by atoms with E-state index in [1.807, 2.05) is 0 Å². The average Bonchev–Trinajstić information content (AvgIpc) is 2.15. The van der Waals surface area contributed by atoms with Gasteiger partial charge in [0.2, 0.25) is 0 Å². The lowest BCUT2D eigenvalue weighted by atomic mass is 9.80. The summed E-state index contributed by atoms with van der Waals surface area (Å²) < 4.78 is 0. The Morgan fingerprint density at radius 2 is 1.93 bits per heavy atom. The lowest BCUT2D eigenvalue weighted by Crippen LogP contribution is -2.35. The van der Waals surface area contributed by atoms with Crippen molar-refractivity contribution in [3.8, 4) is 0 Å². The van der Waals surface area contributed by atoms with Gasteiger partial charge in [0.1, 0.15) is 0 Å². The van der Waals surface area contributed by atoms with Crippen molar-refractivity contribution in [1.29, 1.82) is 0 Å². The van der Waals surface area contributed by atoms with Gasteiger partial charge in [0.05, 0.1) is 0 Å². The molecule has 0 spiro atoms. The van der Waals surface area contributed by atoms with Gasteiger partial charge in [-0.25, -0.2) is 0 Å². The molecule has 1 N–H and O–H groups in total. The highest BCUT2D eigenvalue weighted by atomic mass is 14.9. The predicted octanol–water partition coefficient (Wildman–Crippen LogP) is 4.00. The molecule has 0 saturated heterocycles. The van der Waals surface area contributed by atoms with Crippen molar-refractivity contribution in [1.82, 2.24) is 5.32 Å². The Morgan fingerprint density at radius 1 is 1.33 bits per heavy atom. The zero-order valence-electron chi connectivity index (χ0n) is 11.3. The molecule has 90 valence electrons. The molecule has 0 aromatic heterocycles. The maximum Gasteiger partial charge on any atom is 0.00422 e. The molecule has 0 aromatic carbocycles. The van der Waals surface area contributed by atoms with Crippen LogP contribution in [0.15, 0.2) is 12.7 Å². The molecule has 0 bridgehead atoms. The Balaban J connectivity index is 4.11. The van der Waals surface area contributed by atoms with Crippen molar-refractivity contribution in [2.24, 2.45) is 11.3 Å². The lowest BCUT2D eigenvalue weighted by Gasteiger charge is -2.30. The monoisotopic (exact) mass is 211 g/mol. The van der Waals surface area contributed by atoms with E-state index in [2.05, 4.69) is 52.6 Å². The molecular weight excluding hydrogens is 182 g/mol. The van der Waals surface area contributed by atoms with Gasteiger partial charge < -0.3 is 5.32 Å². The molecule has 0 amide bonds. The fourth-order valence-corrected chi connectivity index (χ4v) is 2.06. The summed E-state index contributed by atoms with van der Waals surface area (Å²) in [6, 6.07) is 0.561. The fourth-order valence-electron chi connectivity index (χ4n) is 2.06. The third-order valence-electron chi connectivity index (χ3n) is 3.00. The summed E-state index contributed by atoms with van der Waals surface area (Å²) in [4.78, 5) is 0. The molecule has 0 heterocycles. The van der Waals surface area contributed by atoms with Crippen molar-refractivity contribution in [2.45, 2.75) is 59.9 Å². The summed E-state index contributed by atoms with van der Waals surface area (Å²) in [5, 5.41) is 3.51. The summed E-state index contributed by atoms with van der Waals surface area (Å²) in [6.07, 6.45) is 5.97. The minimum atomic E-state index is 0.249. The molecule has 15 heavy (non-hydrogen) atoms. The summed E-state index contributed by atoms with van der Waals surface area (Å²) in [7, 11) is 0. The smallest absolute Gasteiger partial charge is 0.00422 e. The van der Waals surface area contributed by atoms with E-state index in [1.54, 1.807) is 0 Å². The Bertz CT molecular complexity index is 174. The van der Waals surface area contributed by atoms with Gasteiger partial charge in [0, 0.05) is 12.6 Å². The van der Waals surface area contributed by atoms with Crippen LogP contribution in [-0.2, 0) is 0 Å². The molecule has 0 aliphatic rings. The van der Waals surface area contributed by atoms with Crippen LogP contribution < -0.4 is 5.32 Å². The van der Waals surface area contributed by atoms with Gasteiger partial charge in [-0.1, -0.05) is 53.5 Å². The van der Waals surface area contributed by atoms with Crippen LogP contribution in [0.1, 0.15) is 53.9 Å². The first kappa shape index (κ1) is 14.7. The van der Waals surface area contributed by atoms with Gasteiger partial charge in [0.25, 0.3) is 0 Å². The van der Waals surface area contributed by atoms with Gasteiger partial charge in [-0.2, -0.15) is 0 Å². The second-order valence-corrected chi connectivity index (χ2v) is 5.49. The largest absolute Gasteiger partial charge is 0.314 e. The maximum absolute atomic E-state index is 3.98. The molecule has 1 nitrogen and oxygen atoms in total. The van der Waals surface area contributed by atoms with Crippen LogP contribution >= 0.6 is 0 Å². The number of rotatable bonds is 8. The second kappa shape index (κ2) is 7.05. The molecule has 1 heteroatoms. The van der Waals surface area contributed by atoms with Crippen LogP contribution in [0.2, 0.25) is 0 Å². The van der Waals surface area contributed by atoms with E-state index in [1.165, 1.54) is 19.3 Å². The van der Waals surface area contributed by atoms with Crippen LogP contribution in [0.3, 0.4) is 0 Å². The van der Waals surface area contributed by atoms with Crippen molar-refractivity contribution < 1.29 is 0 Å². The number of hydrogen-bond donors (Lipinski definition) is 1. The summed E-state index contributed by atoms with van der Waals surface area (Å²) >= 11 is 0. The highest BCUT2D eigenvalue weighted by Crippen LogP contribution is 2.28. The summed E-state index contributed by atoms with van der Waals surface area (Å²) in [5.74, 6) is 0.798. The standard InChI is InChI=1S/C14H29N/c1-7-9-13(5)10-14(6,8-2)11-15-12(3)4/h8,12-13,15H,2,7,9-11H2,1,3-6H3. The van der Waals surface area contributed by atoms with E-state index >= 15 is 0 Å². The van der Waals surface area contributed by atoms with Crippen molar-refractivity contribution in [2.75, 3.05) is 6.54 Å². The van der Waals surface area contributed by atoms with Crippen molar-refractivity contribution >= 4 is 0 Å². The zero-order chi connectivity index (χ0) is 11.9. The molecule has 0 aliphatic carbocycles. The van der Waals surface area contributed by atoms with Crippen LogP contribution in [0.5, 0.6) is 0 Å². The Kier molecular flexibility index (Phi) is 6.91. The van der Waals surface area contributed by atoms with Gasteiger partial charge in [-0.15, -0.1) is 6.58 Å². The van der Waals surface area contributed by atoms with E-state index in [4.69, 9.17) is 0 Å². The Morgan fingerprint density at radius 3 is 2.33 bits per heavy atom. The quantitative estimate of drug-likeness (QED) is 0.598. The molecule has 2 unspecified atom stereocenters. The molecular formula is C14H29N. The van der Waals surface area contributed by atoms with E-state index in [-0.39, 0.29) is 5.41 Å². The minimum absolute atomic E-state index is 0.249. The normalized spacial score (nSPS) is 17.5. The van der Waals surface area contributed by atoms with E-state index in [0.717, 1.165) is 12.5 Å². The topological polar surface area (TPSA) is 12.0 Å². The maximum atomic E-state index is 3.98. The molecule has 0 rings (SSSR count). The first-order valence-electron chi connectivity index (χ1n) is 6.30. The van der Waals surface area contributed by atoms with Gasteiger partial charge in [-0.3, -0.25) is 0 Å². The predicted molar refractivity (Wildman–Crippen MR) is 70.1 cm³/mol. The summed E-state index contributed by atoms with van der Waals surface area (Å²) in [6.45, 7) is 16.3. The third-order valence-corrected chi connectivity index (χ3v) is 3.00. The lowest BCUT2D eigenvalue weighted by molar-refractivity contribution is 0.287. The highest BCUT2D eigenvalue weighted by molar-refractivity contribution is 4.94. The summed E-state index contributed by atoms with van der Waals surface area (Å²) in [5.41, 5.74) is 0.249. The molecule has 2 atom stereocenters. The molecule has 0 radical (unpaired) electrons. The minimum Gasteiger partial charge on any atom is -0.314 e. The molecule has 0 aliphatic heterocycles. The molecule has 0 fully saturated rings. The Hall–Kier alpha value is -0.300. The fraction of sp³-hybridized carbons (Fsp3) is 0.857. The molecule has 0 aromatic rings. The first-order valence-corrected chi connectivity index (χ1v) is 6.30. The number of nitrogens with one attached hydrogen (secondary N) is 1. The van der Waals surface area contributed by atoms with E-state index in [0.29, 0.717) is 6.04 Å². The van der Waals surface area contributed by atoms with E-state index in [9.17, 15) is 0 Å². The first-order chi connectivity index (χ1) is 6.93. The zero-order valence-corrected chi connectivity index (χ0v) is 11.3. The third kappa shape index (κ3) is 6.72. The van der Waals surface area contributed by atoms with Gasteiger partial charge in [0.15, 0.2) is 0 Å². The van der Waals surface area contributed by atoms with Gasteiger partial charge in [-0.05, 0) is 17.8 Å².